The second-order valence-electron chi connectivity index (χ2n) is 4.78. The third kappa shape index (κ3) is 5.68. The van der Waals surface area contributed by atoms with Gasteiger partial charge in [0.2, 0.25) is 11.8 Å². The molecule has 0 aliphatic heterocycles. The van der Waals surface area contributed by atoms with E-state index in [4.69, 9.17) is 5.11 Å². The zero-order chi connectivity index (χ0) is 12.7. The maximum atomic E-state index is 11.5. The van der Waals surface area contributed by atoms with Crippen molar-refractivity contribution in [2.24, 2.45) is 5.92 Å². The van der Waals surface area contributed by atoms with E-state index in [9.17, 15) is 9.59 Å². The summed E-state index contributed by atoms with van der Waals surface area (Å²) >= 11 is 0. The summed E-state index contributed by atoms with van der Waals surface area (Å²) in [5.41, 5.74) is 0. The van der Waals surface area contributed by atoms with Gasteiger partial charge in [0, 0.05) is 12.5 Å². The summed E-state index contributed by atoms with van der Waals surface area (Å²) in [4.78, 5) is 22.8. The Bertz CT molecular complexity index is 262. The summed E-state index contributed by atoms with van der Waals surface area (Å²) in [5.74, 6) is 0.185. The number of hydrogen-bond acceptors (Lipinski definition) is 3. The van der Waals surface area contributed by atoms with Crippen LogP contribution in [-0.4, -0.2) is 36.1 Å². The van der Waals surface area contributed by atoms with Gasteiger partial charge in [-0.1, -0.05) is 12.8 Å². The first-order valence-electron chi connectivity index (χ1n) is 6.28. The van der Waals surface area contributed by atoms with Gasteiger partial charge in [-0.2, -0.15) is 0 Å². The van der Waals surface area contributed by atoms with E-state index < -0.39 is 0 Å². The maximum absolute atomic E-state index is 11.5. The van der Waals surface area contributed by atoms with Crippen molar-refractivity contribution in [1.29, 1.82) is 0 Å². The standard InChI is InChI=1S/C12H22N2O3/c1-9(8-15)14-12(17)7-13-11(16)6-10-4-2-3-5-10/h9-10,15H,2-8H2,1H3,(H,13,16)(H,14,17). The Labute approximate surface area is 102 Å². The predicted molar refractivity (Wildman–Crippen MR) is 64.3 cm³/mol. The Morgan fingerprint density at radius 2 is 1.94 bits per heavy atom. The molecule has 1 rings (SSSR count). The highest BCUT2D eigenvalue weighted by Crippen LogP contribution is 2.27. The van der Waals surface area contributed by atoms with E-state index >= 15 is 0 Å². The molecule has 17 heavy (non-hydrogen) atoms. The van der Waals surface area contributed by atoms with Crippen molar-refractivity contribution >= 4 is 11.8 Å². The fraction of sp³-hybridized carbons (Fsp3) is 0.833. The van der Waals surface area contributed by atoms with Crippen LogP contribution in [0.15, 0.2) is 0 Å². The number of carbonyl (C=O) groups excluding carboxylic acids is 2. The minimum absolute atomic E-state index is 0.00407. The number of aliphatic hydroxyl groups excluding tert-OH is 1. The quantitative estimate of drug-likeness (QED) is 0.621. The summed E-state index contributed by atoms with van der Waals surface area (Å²) in [6.45, 7) is 1.61. The van der Waals surface area contributed by atoms with Crippen LogP contribution in [0.5, 0.6) is 0 Å². The molecule has 0 radical (unpaired) electrons. The molecule has 1 fully saturated rings. The van der Waals surface area contributed by atoms with Crippen LogP contribution < -0.4 is 10.6 Å². The Hall–Kier alpha value is -1.10. The lowest BCUT2D eigenvalue weighted by Gasteiger charge is -2.12. The van der Waals surface area contributed by atoms with Crippen molar-refractivity contribution in [1.82, 2.24) is 10.6 Å². The average molecular weight is 242 g/mol. The monoisotopic (exact) mass is 242 g/mol. The highest BCUT2D eigenvalue weighted by atomic mass is 16.3. The summed E-state index contributed by atoms with van der Waals surface area (Å²) in [7, 11) is 0. The van der Waals surface area contributed by atoms with E-state index in [0.717, 1.165) is 12.8 Å². The molecule has 2 amide bonds. The van der Waals surface area contributed by atoms with E-state index in [1.54, 1.807) is 6.92 Å². The molecule has 1 aliphatic carbocycles. The van der Waals surface area contributed by atoms with Gasteiger partial charge in [-0.05, 0) is 25.7 Å². The van der Waals surface area contributed by atoms with E-state index in [0.29, 0.717) is 12.3 Å². The van der Waals surface area contributed by atoms with Crippen LogP contribution in [0.1, 0.15) is 39.0 Å². The van der Waals surface area contributed by atoms with Gasteiger partial charge in [0.05, 0.1) is 13.2 Å². The zero-order valence-corrected chi connectivity index (χ0v) is 10.4. The van der Waals surface area contributed by atoms with Gasteiger partial charge in [0.1, 0.15) is 0 Å². The fourth-order valence-corrected chi connectivity index (χ4v) is 2.10. The highest BCUT2D eigenvalue weighted by Gasteiger charge is 2.18. The molecule has 0 bridgehead atoms. The highest BCUT2D eigenvalue weighted by molar-refractivity contribution is 5.84. The van der Waals surface area contributed by atoms with E-state index in [1.165, 1.54) is 12.8 Å². The maximum Gasteiger partial charge on any atom is 0.239 e. The number of carbonyl (C=O) groups is 2. The van der Waals surface area contributed by atoms with Gasteiger partial charge >= 0.3 is 0 Å². The van der Waals surface area contributed by atoms with Crippen LogP contribution in [0.25, 0.3) is 0 Å². The predicted octanol–water partition coefficient (Wildman–Crippen LogP) is 0.180. The number of amides is 2. The molecule has 5 heteroatoms. The Balaban J connectivity index is 2.12. The van der Waals surface area contributed by atoms with Gasteiger partial charge in [-0.25, -0.2) is 0 Å². The van der Waals surface area contributed by atoms with Crippen LogP contribution in [-0.2, 0) is 9.59 Å². The van der Waals surface area contributed by atoms with Crippen LogP contribution in [0.3, 0.4) is 0 Å². The van der Waals surface area contributed by atoms with E-state index in [-0.39, 0.29) is 31.0 Å². The first kappa shape index (κ1) is 14.0. The van der Waals surface area contributed by atoms with Gasteiger partial charge < -0.3 is 15.7 Å². The molecule has 0 aromatic heterocycles. The molecule has 1 unspecified atom stereocenters. The second kappa shape index (κ2) is 7.27. The van der Waals surface area contributed by atoms with Gasteiger partial charge in [0.15, 0.2) is 0 Å². The number of aliphatic hydroxyl groups is 1. The summed E-state index contributed by atoms with van der Waals surface area (Å²) < 4.78 is 0. The largest absolute Gasteiger partial charge is 0.394 e. The molecule has 1 saturated carbocycles. The van der Waals surface area contributed by atoms with Gasteiger partial charge in [0.25, 0.3) is 0 Å². The molecular weight excluding hydrogens is 220 g/mol. The number of rotatable bonds is 6. The molecule has 5 nitrogen and oxygen atoms in total. The van der Waals surface area contributed by atoms with Crippen LogP contribution in [0.4, 0.5) is 0 Å². The van der Waals surface area contributed by atoms with E-state index in [1.807, 2.05) is 0 Å². The molecule has 0 saturated heterocycles. The summed E-state index contributed by atoms with van der Waals surface area (Å²) in [6, 6.07) is -0.269. The molecule has 0 spiro atoms. The van der Waals surface area contributed by atoms with Crippen LogP contribution >= 0.6 is 0 Å². The summed E-state index contributed by atoms with van der Waals surface area (Å²) in [5, 5.41) is 13.9. The lowest BCUT2D eigenvalue weighted by Crippen LogP contribution is -2.42. The average Bonchev–Trinajstić information content (AvgIpc) is 2.79. The molecule has 0 aromatic carbocycles. The SMILES string of the molecule is CC(CO)NC(=O)CNC(=O)CC1CCCC1. The van der Waals surface area contributed by atoms with Crippen molar-refractivity contribution in [3.63, 3.8) is 0 Å². The van der Waals surface area contributed by atoms with Crippen molar-refractivity contribution in [2.45, 2.75) is 45.1 Å². The molecule has 0 aromatic rings. The van der Waals surface area contributed by atoms with Crippen molar-refractivity contribution < 1.29 is 14.7 Å². The molecule has 98 valence electrons. The number of nitrogens with one attached hydrogen (secondary N) is 2. The van der Waals surface area contributed by atoms with Gasteiger partial charge in [-0.3, -0.25) is 9.59 Å². The first-order valence-corrected chi connectivity index (χ1v) is 6.28. The Kier molecular flexibility index (Phi) is 5.97. The van der Waals surface area contributed by atoms with Crippen LogP contribution in [0, 0.1) is 5.92 Å². The normalized spacial score (nSPS) is 17.8. The second-order valence-corrected chi connectivity index (χ2v) is 4.78. The fourth-order valence-electron chi connectivity index (χ4n) is 2.10. The minimum atomic E-state index is -0.269. The summed E-state index contributed by atoms with van der Waals surface area (Å²) in [6.07, 6.45) is 5.21. The van der Waals surface area contributed by atoms with Crippen LogP contribution in [0.2, 0.25) is 0 Å². The third-order valence-corrected chi connectivity index (χ3v) is 3.08. The molecular formula is C12H22N2O3. The topological polar surface area (TPSA) is 78.4 Å². The lowest BCUT2D eigenvalue weighted by molar-refractivity contribution is -0.127. The Morgan fingerprint density at radius 3 is 2.53 bits per heavy atom. The zero-order valence-electron chi connectivity index (χ0n) is 10.4. The molecule has 0 heterocycles. The van der Waals surface area contributed by atoms with Crippen molar-refractivity contribution in [2.75, 3.05) is 13.2 Å². The molecule has 1 aliphatic rings. The molecule has 3 N–H and O–H groups in total. The van der Waals surface area contributed by atoms with Crippen molar-refractivity contribution in [3.05, 3.63) is 0 Å². The van der Waals surface area contributed by atoms with Crippen molar-refractivity contribution in [3.8, 4) is 0 Å². The Morgan fingerprint density at radius 1 is 1.29 bits per heavy atom. The smallest absolute Gasteiger partial charge is 0.239 e. The minimum Gasteiger partial charge on any atom is -0.394 e. The molecule has 1 atom stereocenters. The first-order chi connectivity index (χ1) is 8.11. The third-order valence-electron chi connectivity index (χ3n) is 3.08. The van der Waals surface area contributed by atoms with E-state index in [2.05, 4.69) is 10.6 Å². The lowest BCUT2D eigenvalue weighted by atomic mass is 10.0. The number of hydrogen-bond donors (Lipinski definition) is 3. The van der Waals surface area contributed by atoms with Gasteiger partial charge in [-0.15, -0.1) is 0 Å².